The lowest BCUT2D eigenvalue weighted by atomic mass is 10.0. The van der Waals surface area contributed by atoms with Crippen LogP contribution in [0.1, 0.15) is 62.2 Å². The van der Waals surface area contributed by atoms with Gasteiger partial charge in [0.15, 0.2) is 11.5 Å². The highest BCUT2D eigenvalue weighted by Crippen LogP contribution is 2.36. The van der Waals surface area contributed by atoms with Crippen LogP contribution in [0.2, 0.25) is 5.02 Å². The molecule has 0 aromatic heterocycles. The number of nitrogens with zero attached hydrogens (tertiary/aromatic N) is 2. The van der Waals surface area contributed by atoms with Gasteiger partial charge >= 0.3 is 0 Å². The van der Waals surface area contributed by atoms with Crippen LogP contribution in [0.25, 0.3) is 0 Å². The number of carbonyl (C=O) groups is 1. The van der Waals surface area contributed by atoms with E-state index in [1.54, 1.807) is 54.6 Å². The van der Waals surface area contributed by atoms with Gasteiger partial charge in [-0.3, -0.25) is 19.3 Å². The number of piperidine rings is 2. The molecule has 0 unspecified atom stereocenters. The molecule has 2 saturated heterocycles. The van der Waals surface area contributed by atoms with Crippen molar-refractivity contribution in [2.45, 2.75) is 62.6 Å². The Morgan fingerprint density at radius 3 is 2.07 bits per heavy atom. The van der Waals surface area contributed by atoms with Crippen molar-refractivity contribution in [3.8, 4) is 11.5 Å². The van der Waals surface area contributed by atoms with Gasteiger partial charge in [0.1, 0.15) is 5.75 Å². The van der Waals surface area contributed by atoms with E-state index in [0.717, 1.165) is 62.8 Å². The largest absolute Gasteiger partial charge is 0.454 e. The number of hydrogen-bond donors (Lipinski definition) is 2. The van der Waals surface area contributed by atoms with Gasteiger partial charge in [0.05, 0.1) is 15.6 Å². The van der Waals surface area contributed by atoms with Crippen LogP contribution in [0.3, 0.4) is 0 Å². The van der Waals surface area contributed by atoms with Crippen LogP contribution in [-0.4, -0.2) is 56.1 Å². The van der Waals surface area contributed by atoms with E-state index in [9.17, 15) is 13.2 Å². The molecule has 0 bridgehead atoms. The van der Waals surface area contributed by atoms with E-state index in [-0.39, 0.29) is 16.5 Å². The van der Waals surface area contributed by atoms with E-state index in [1.807, 2.05) is 0 Å². The Morgan fingerprint density at radius 1 is 0.884 bits per heavy atom. The smallest absolute Gasteiger partial charge is 0.262 e. The van der Waals surface area contributed by atoms with Crippen LogP contribution < -0.4 is 14.8 Å². The van der Waals surface area contributed by atoms with Gasteiger partial charge in [0, 0.05) is 36.2 Å². The second-order valence-corrected chi connectivity index (χ2v) is 14.0. The van der Waals surface area contributed by atoms with Crippen molar-refractivity contribution in [1.29, 1.82) is 0 Å². The maximum Gasteiger partial charge on any atom is 0.262 e. The molecule has 2 heterocycles. The average molecular weight is 690 g/mol. The third-order valence-corrected chi connectivity index (χ3v) is 10.4. The normalized spacial score (nSPS) is 16.9. The Bertz CT molecular complexity index is 1510. The number of sulfonamides is 1. The van der Waals surface area contributed by atoms with E-state index >= 15 is 0 Å². The first-order valence-electron chi connectivity index (χ1n) is 14.9. The van der Waals surface area contributed by atoms with Crippen molar-refractivity contribution in [3.05, 3.63) is 81.8 Å². The third-order valence-electron chi connectivity index (χ3n) is 8.24. The molecule has 230 valence electrons. The molecule has 2 aliphatic heterocycles. The Hall–Kier alpha value is -2.63. The number of amides is 1. The summed E-state index contributed by atoms with van der Waals surface area (Å²) in [5, 5.41) is 3.77. The highest BCUT2D eigenvalue weighted by Gasteiger charge is 2.43. The lowest BCUT2D eigenvalue weighted by Gasteiger charge is -2.53. The van der Waals surface area contributed by atoms with Crippen LogP contribution in [0.5, 0.6) is 11.5 Å². The maximum absolute atomic E-state index is 13.7. The standard InChI is InChI=1S/C32H38BrClN4O4S/c1-2-32(37-19-7-3-8-20-37,38-21-9-4-10-22-38)35-31(39)24-13-16-26(17-14-24)43(40,41)36-28-11-5-6-12-30(28)42-29-18-15-25(33)23-27(29)34/h5-6,11-18,23,36H,2-4,7-10,19-22H2,1H3,(H,35,39). The second-order valence-electron chi connectivity index (χ2n) is 11.0. The van der Waals surface area contributed by atoms with E-state index in [0.29, 0.717) is 22.1 Å². The van der Waals surface area contributed by atoms with Crippen molar-refractivity contribution in [2.24, 2.45) is 0 Å². The first-order valence-corrected chi connectivity index (χ1v) is 17.5. The monoisotopic (exact) mass is 688 g/mol. The molecule has 0 atom stereocenters. The zero-order valence-electron chi connectivity index (χ0n) is 24.3. The summed E-state index contributed by atoms with van der Waals surface area (Å²) in [7, 11) is -3.98. The fraction of sp³-hybridized carbons (Fsp3) is 0.406. The minimum absolute atomic E-state index is 0.0364. The number of benzene rings is 3. The summed E-state index contributed by atoms with van der Waals surface area (Å²) in [5.41, 5.74) is 0.679. The molecule has 3 aromatic carbocycles. The predicted octanol–water partition coefficient (Wildman–Crippen LogP) is 7.46. The molecule has 3 aromatic rings. The number of carbonyl (C=O) groups excluding carboxylic acids is 1. The van der Waals surface area contributed by atoms with E-state index < -0.39 is 15.8 Å². The molecule has 0 saturated carbocycles. The summed E-state index contributed by atoms with van der Waals surface area (Å²) in [4.78, 5) is 18.6. The summed E-state index contributed by atoms with van der Waals surface area (Å²) >= 11 is 9.68. The topological polar surface area (TPSA) is 91.0 Å². The van der Waals surface area contributed by atoms with Crippen molar-refractivity contribution in [3.63, 3.8) is 0 Å². The first kappa shape index (κ1) is 31.8. The molecule has 0 aliphatic carbocycles. The van der Waals surface area contributed by atoms with Crippen LogP contribution in [0.4, 0.5) is 5.69 Å². The molecule has 0 radical (unpaired) electrons. The molecule has 43 heavy (non-hydrogen) atoms. The molecule has 1 amide bonds. The maximum atomic E-state index is 13.7. The van der Waals surface area contributed by atoms with Crippen molar-refractivity contribution < 1.29 is 17.9 Å². The molecule has 2 N–H and O–H groups in total. The van der Waals surface area contributed by atoms with E-state index in [4.69, 9.17) is 16.3 Å². The summed E-state index contributed by atoms with van der Waals surface area (Å²) in [6.07, 6.45) is 7.67. The minimum atomic E-state index is -3.98. The number of likely N-dealkylation sites (tertiary alicyclic amines) is 2. The van der Waals surface area contributed by atoms with Gasteiger partial charge in [-0.2, -0.15) is 0 Å². The molecule has 8 nitrogen and oxygen atoms in total. The zero-order valence-corrected chi connectivity index (χ0v) is 27.5. The molecule has 11 heteroatoms. The summed E-state index contributed by atoms with van der Waals surface area (Å²) in [6, 6.07) is 18.0. The number of halogens is 2. The summed E-state index contributed by atoms with van der Waals surface area (Å²) in [6.45, 7) is 5.94. The minimum Gasteiger partial charge on any atom is -0.454 e. The number of rotatable bonds is 10. The van der Waals surface area contributed by atoms with Crippen molar-refractivity contribution in [1.82, 2.24) is 15.1 Å². The highest BCUT2D eigenvalue weighted by atomic mass is 79.9. The summed E-state index contributed by atoms with van der Waals surface area (Å²) < 4.78 is 36.1. The molecule has 0 spiro atoms. The lowest BCUT2D eigenvalue weighted by molar-refractivity contribution is -0.0970. The lowest BCUT2D eigenvalue weighted by Crippen LogP contribution is -2.71. The Morgan fingerprint density at radius 2 is 1.49 bits per heavy atom. The first-order chi connectivity index (χ1) is 20.7. The van der Waals surface area contributed by atoms with Gasteiger partial charge in [0.2, 0.25) is 0 Å². The van der Waals surface area contributed by atoms with Crippen LogP contribution in [0.15, 0.2) is 76.1 Å². The van der Waals surface area contributed by atoms with Gasteiger partial charge in [-0.25, -0.2) is 8.42 Å². The number of nitrogens with one attached hydrogen (secondary N) is 2. The Kier molecular flexibility index (Phi) is 10.3. The quantitative estimate of drug-likeness (QED) is 0.230. The molecule has 5 rings (SSSR count). The van der Waals surface area contributed by atoms with Crippen LogP contribution in [0, 0.1) is 0 Å². The molecule has 2 fully saturated rings. The van der Waals surface area contributed by atoms with Crippen molar-refractivity contribution >= 4 is 49.1 Å². The second kappa shape index (κ2) is 14.0. The van der Waals surface area contributed by atoms with Gasteiger partial charge in [-0.05, 0) is 86.7 Å². The number of anilines is 1. The van der Waals surface area contributed by atoms with Gasteiger partial charge in [-0.15, -0.1) is 0 Å². The van der Waals surface area contributed by atoms with Gasteiger partial charge in [-0.1, -0.05) is 59.4 Å². The molecule has 2 aliphatic rings. The Labute approximate surface area is 267 Å². The fourth-order valence-corrected chi connectivity index (χ4v) is 7.76. The SMILES string of the molecule is CCC(NC(=O)c1ccc(S(=O)(=O)Nc2ccccc2Oc2ccc(Br)cc2Cl)cc1)(N1CCCCC1)N1CCCCC1. The molecular weight excluding hydrogens is 652 g/mol. The highest BCUT2D eigenvalue weighted by molar-refractivity contribution is 9.10. The Balaban J connectivity index is 1.33. The average Bonchev–Trinajstić information content (AvgIpc) is 3.03. The zero-order chi connectivity index (χ0) is 30.5. The van der Waals surface area contributed by atoms with Crippen molar-refractivity contribution in [2.75, 3.05) is 30.9 Å². The predicted molar refractivity (Wildman–Crippen MR) is 174 cm³/mol. The number of hydrogen-bond acceptors (Lipinski definition) is 6. The fourth-order valence-electron chi connectivity index (χ4n) is 5.98. The van der Waals surface area contributed by atoms with E-state index in [1.165, 1.54) is 25.0 Å². The van der Waals surface area contributed by atoms with Crippen LogP contribution in [-0.2, 0) is 10.0 Å². The van der Waals surface area contributed by atoms with E-state index in [2.05, 4.69) is 42.7 Å². The summed E-state index contributed by atoms with van der Waals surface area (Å²) in [5.74, 6) is -0.0622. The number of ether oxygens (including phenoxy) is 1. The van der Waals surface area contributed by atoms with Gasteiger partial charge < -0.3 is 10.1 Å². The van der Waals surface area contributed by atoms with Crippen LogP contribution >= 0.6 is 27.5 Å². The third kappa shape index (κ3) is 7.37. The van der Waals surface area contributed by atoms with Gasteiger partial charge in [0.25, 0.3) is 15.9 Å². The number of para-hydroxylation sites is 2. The molecular formula is C32H38BrClN4O4S.